The number of fused-ring (bicyclic) bond motifs is 1. The van der Waals surface area contributed by atoms with Crippen molar-refractivity contribution in [1.29, 1.82) is 0 Å². The lowest BCUT2D eigenvalue weighted by Gasteiger charge is -2.39. The molecule has 0 saturated carbocycles. The first-order valence-electron chi connectivity index (χ1n) is 22.1. The van der Waals surface area contributed by atoms with E-state index in [1.807, 2.05) is 29.8 Å². The van der Waals surface area contributed by atoms with Crippen molar-refractivity contribution in [2.45, 2.75) is 44.0 Å². The summed E-state index contributed by atoms with van der Waals surface area (Å²) in [5.74, 6) is -0.605. The SMILES string of the molecule is CC1(C)CCC(CN2CCN(c3ccc(C(=O)NS(=O)(=O)c4ccc(NC(CF)CN5CC[P+](C)(O)CC5)c([N+](=O)[O-])c4)c(Oc4cnc5[nH]ccc5c4)c3)CC2)=C(c2ccc(Cl)cc2)C1. The van der Waals surface area contributed by atoms with Crippen molar-refractivity contribution in [2.75, 3.05) is 88.2 Å². The van der Waals surface area contributed by atoms with E-state index < -0.39 is 51.6 Å². The van der Waals surface area contributed by atoms with Crippen molar-refractivity contribution in [3.63, 3.8) is 0 Å². The highest BCUT2D eigenvalue weighted by Gasteiger charge is 2.36. The summed E-state index contributed by atoms with van der Waals surface area (Å²) in [6.07, 6.45) is 7.63. The van der Waals surface area contributed by atoms with Crippen LogP contribution in [-0.2, 0) is 10.0 Å². The number of hydrogen-bond donors (Lipinski definition) is 4. The number of nitro benzene ring substituents is 1. The summed E-state index contributed by atoms with van der Waals surface area (Å²) in [5, 5.41) is 16.6. The Morgan fingerprint density at radius 1 is 1.03 bits per heavy atom. The zero-order valence-electron chi connectivity index (χ0n) is 37.3. The number of nitrogens with one attached hydrogen (secondary N) is 3. The molecule has 1 amide bonds. The molecule has 2 saturated heterocycles. The molecule has 4 heterocycles. The van der Waals surface area contributed by atoms with Crippen LogP contribution in [0.25, 0.3) is 16.6 Å². The second-order valence-corrected chi connectivity index (χ2v) is 24.2. The summed E-state index contributed by atoms with van der Waals surface area (Å²) in [6, 6.07) is 19.0. The monoisotopic (exact) mass is 961 g/mol. The second kappa shape index (κ2) is 19.6. The number of benzene rings is 3. The number of nitro groups is 1. The Labute approximate surface area is 390 Å². The van der Waals surface area contributed by atoms with E-state index in [0.717, 1.165) is 62.1 Å². The van der Waals surface area contributed by atoms with Crippen molar-refractivity contribution in [2.24, 2.45) is 5.41 Å². The first kappa shape index (κ1) is 47.3. The van der Waals surface area contributed by atoms with Gasteiger partial charge >= 0.3 is 0 Å². The number of aromatic amines is 1. The van der Waals surface area contributed by atoms with E-state index in [1.54, 1.807) is 24.4 Å². The third-order valence-corrected chi connectivity index (χ3v) is 16.8. The number of nitrogens with zero attached hydrogens (tertiary/aromatic N) is 5. The summed E-state index contributed by atoms with van der Waals surface area (Å²) in [4.78, 5) is 49.5. The molecular formula is C47H56ClFN8O7PS+. The Morgan fingerprint density at radius 2 is 1.77 bits per heavy atom. The minimum Gasteiger partial charge on any atom is -0.455 e. The molecule has 19 heteroatoms. The van der Waals surface area contributed by atoms with Crippen LogP contribution in [0.15, 0.2) is 95.7 Å². The van der Waals surface area contributed by atoms with Gasteiger partial charge in [-0.3, -0.25) is 29.6 Å². The number of alkyl halides is 1. The minimum absolute atomic E-state index is 0.0673. The van der Waals surface area contributed by atoms with Crippen LogP contribution in [0.5, 0.6) is 11.5 Å². The number of rotatable bonds is 15. The number of amides is 1. The standard InChI is InChI=1S/C47H55ClFN8O7PS/c1-47(2)14-12-34(41(27-47)32-4-6-35(48)7-5-32)30-54-16-18-56(19-17-54)37-8-10-40(44(25-37)64-38-24-33-13-15-50-45(33)51-29-38)46(58)53-66(62,63)39-9-11-42(43(26-39)57(59)60)52-36(28-49)31-55-20-22-65(3,61)23-21-55/h4-11,13,15,24-26,29,36,52,61H,12,14,16-23,27-28,30-31H2,1-3H3,(H-,50,51,53,58)/p+1. The highest BCUT2D eigenvalue weighted by Crippen LogP contribution is 2.51. The molecule has 0 spiro atoms. The van der Waals surface area contributed by atoms with Crippen LogP contribution < -0.4 is 19.7 Å². The number of pyridine rings is 1. The van der Waals surface area contributed by atoms with E-state index in [9.17, 15) is 32.6 Å². The molecule has 1 unspecified atom stereocenters. The fourth-order valence-electron chi connectivity index (χ4n) is 8.95. The van der Waals surface area contributed by atoms with Crippen LogP contribution in [0, 0.1) is 15.5 Å². The van der Waals surface area contributed by atoms with Crippen LogP contribution in [0.2, 0.25) is 5.02 Å². The van der Waals surface area contributed by atoms with Gasteiger partial charge in [0.15, 0.2) is 0 Å². The third-order valence-electron chi connectivity index (χ3n) is 12.9. The van der Waals surface area contributed by atoms with Crippen molar-refractivity contribution in [1.82, 2.24) is 24.5 Å². The topological polar surface area (TPSA) is 186 Å². The van der Waals surface area contributed by atoms with Gasteiger partial charge in [-0.2, -0.15) is 0 Å². The van der Waals surface area contributed by atoms with Gasteiger partial charge in [0.1, 0.15) is 37.0 Å². The number of sulfonamides is 1. The smallest absolute Gasteiger partial charge is 0.293 e. The lowest BCUT2D eigenvalue weighted by molar-refractivity contribution is -0.384. The third kappa shape index (κ3) is 11.3. The molecule has 2 fully saturated rings. The molecule has 2 aliphatic heterocycles. The predicted octanol–water partition coefficient (Wildman–Crippen LogP) is 8.44. The van der Waals surface area contributed by atoms with E-state index in [-0.39, 0.29) is 29.0 Å². The Morgan fingerprint density at radius 3 is 2.48 bits per heavy atom. The number of hydrogen-bond acceptors (Lipinski definition) is 12. The lowest BCUT2D eigenvalue weighted by Crippen LogP contribution is -2.47. The van der Waals surface area contributed by atoms with Gasteiger partial charge in [-0.15, -0.1) is 0 Å². The van der Waals surface area contributed by atoms with Crippen LogP contribution in [-0.4, -0.2) is 128 Å². The van der Waals surface area contributed by atoms with Gasteiger partial charge in [0.05, 0.1) is 46.6 Å². The van der Waals surface area contributed by atoms with E-state index in [1.165, 1.54) is 35.0 Å². The molecule has 3 aromatic carbocycles. The lowest BCUT2D eigenvalue weighted by atomic mass is 9.72. The fourth-order valence-corrected chi connectivity index (χ4v) is 11.7. The van der Waals surface area contributed by atoms with E-state index in [4.69, 9.17) is 16.3 Å². The molecule has 4 N–H and O–H groups in total. The van der Waals surface area contributed by atoms with Gasteiger partial charge in [-0.1, -0.05) is 43.2 Å². The summed E-state index contributed by atoms with van der Waals surface area (Å²) in [7, 11) is -6.64. The van der Waals surface area contributed by atoms with Gasteiger partial charge in [0.2, 0.25) is 0 Å². The number of ether oxygens (including phenoxy) is 1. The number of allylic oxidation sites excluding steroid dienone is 1. The molecule has 2 aromatic heterocycles. The number of carbonyl (C=O) groups is 1. The maximum Gasteiger partial charge on any atom is 0.293 e. The molecule has 0 radical (unpaired) electrons. The second-order valence-electron chi connectivity index (χ2n) is 18.5. The zero-order valence-corrected chi connectivity index (χ0v) is 39.8. The molecule has 350 valence electrons. The molecule has 1 atom stereocenters. The van der Waals surface area contributed by atoms with Crippen LogP contribution in [0.3, 0.4) is 0 Å². The van der Waals surface area contributed by atoms with Crippen molar-refractivity contribution in [3.8, 4) is 11.5 Å². The molecule has 5 aromatic rings. The first-order chi connectivity index (χ1) is 31.4. The summed E-state index contributed by atoms with van der Waals surface area (Å²) in [6.45, 7) is 10.9. The summed E-state index contributed by atoms with van der Waals surface area (Å²) < 4.78 is 50.2. The van der Waals surface area contributed by atoms with Crippen LogP contribution in [0.1, 0.15) is 49.0 Å². The number of aromatic nitrogens is 2. The summed E-state index contributed by atoms with van der Waals surface area (Å²) >= 11 is 6.24. The zero-order chi connectivity index (χ0) is 46.8. The average Bonchev–Trinajstić information content (AvgIpc) is 3.76. The molecular weight excluding hydrogens is 906 g/mol. The number of H-pyrrole nitrogens is 1. The Hall–Kier alpha value is -5.16. The Bertz CT molecular complexity index is 2740. The van der Waals surface area contributed by atoms with Gasteiger partial charge in [0, 0.05) is 86.8 Å². The van der Waals surface area contributed by atoms with Gasteiger partial charge < -0.3 is 19.9 Å². The van der Waals surface area contributed by atoms with E-state index in [0.29, 0.717) is 54.9 Å². The van der Waals surface area contributed by atoms with Crippen LogP contribution in [0.4, 0.5) is 21.5 Å². The maximum atomic E-state index is 14.2. The highest BCUT2D eigenvalue weighted by atomic mass is 35.5. The van der Waals surface area contributed by atoms with Crippen molar-refractivity contribution in [3.05, 3.63) is 117 Å². The van der Waals surface area contributed by atoms with Gasteiger partial charge in [0.25, 0.3) is 21.6 Å². The quantitative estimate of drug-likeness (QED) is 0.0447. The summed E-state index contributed by atoms with van der Waals surface area (Å²) in [5.41, 5.74) is 4.94. The number of carbonyl (C=O) groups excluding carboxylic acids is 1. The molecule has 15 nitrogen and oxygen atoms in total. The minimum atomic E-state index is -4.67. The average molecular weight is 963 g/mol. The molecule has 8 rings (SSSR count). The fraction of sp³-hybridized carbons (Fsp3) is 0.404. The molecule has 66 heavy (non-hydrogen) atoms. The molecule has 1 aliphatic carbocycles. The van der Waals surface area contributed by atoms with E-state index in [2.05, 4.69) is 55.8 Å². The van der Waals surface area contributed by atoms with E-state index >= 15 is 0 Å². The maximum absolute atomic E-state index is 14.2. The predicted molar refractivity (Wildman–Crippen MR) is 260 cm³/mol. The largest absolute Gasteiger partial charge is 0.455 e. The van der Waals surface area contributed by atoms with Crippen molar-refractivity contribution >= 4 is 68.7 Å². The number of piperazine rings is 1. The first-order valence-corrected chi connectivity index (χ1v) is 26.5. The normalized spacial score (nSPS) is 18.5. The van der Waals surface area contributed by atoms with Crippen LogP contribution >= 0.6 is 19.1 Å². The Balaban J connectivity index is 0.992. The molecule has 0 bridgehead atoms. The van der Waals surface area contributed by atoms with Gasteiger partial charge in [-0.25, -0.2) is 22.5 Å². The Kier molecular flexibility index (Phi) is 14.0. The number of halogens is 2. The number of anilines is 2. The highest BCUT2D eigenvalue weighted by molar-refractivity contribution is 7.90. The van der Waals surface area contributed by atoms with Crippen molar-refractivity contribution < 1.29 is 32.2 Å². The molecule has 3 aliphatic rings. The van der Waals surface area contributed by atoms with Gasteiger partial charge in [-0.05, 0) is 84.3 Å².